The number of nitrogens with zero attached hydrogens (tertiary/aromatic N) is 2. The molecule has 4 rings (SSSR count). The lowest BCUT2D eigenvalue weighted by Crippen LogP contribution is -3.00. The van der Waals surface area contributed by atoms with E-state index in [2.05, 4.69) is 130 Å². The molecule has 0 atom stereocenters. The highest BCUT2D eigenvalue weighted by molar-refractivity contribution is 6.03. The number of rotatable bonds is 7. The number of para-hydroxylation sites is 2. The fraction of sp³-hybridized carbons (Fsp3) is 0.387. The van der Waals surface area contributed by atoms with Crippen LogP contribution in [0.5, 0.6) is 0 Å². The zero-order valence-corrected chi connectivity index (χ0v) is 23.8. The van der Waals surface area contributed by atoms with Crippen molar-refractivity contribution in [1.82, 2.24) is 0 Å². The zero-order chi connectivity index (χ0) is 23.6. The molecule has 0 bridgehead atoms. The van der Waals surface area contributed by atoms with Crippen LogP contribution in [-0.2, 0) is 10.8 Å². The minimum atomic E-state index is 0. The van der Waals surface area contributed by atoms with E-state index < -0.39 is 0 Å². The van der Waals surface area contributed by atoms with Crippen molar-refractivity contribution in [3.8, 4) is 0 Å². The van der Waals surface area contributed by atoms with Crippen LogP contribution in [0.25, 0.3) is 0 Å². The van der Waals surface area contributed by atoms with Gasteiger partial charge in [0.25, 0.3) is 0 Å². The predicted octanol–water partition coefficient (Wildman–Crippen LogP) is 4.68. The van der Waals surface area contributed by atoms with Crippen LogP contribution in [0.15, 0.2) is 84.6 Å². The predicted molar refractivity (Wildman–Crippen MR) is 143 cm³/mol. The maximum absolute atomic E-state index is 2.50. The summed E-state index contributed by atoms with van der Waals surface area (Å²) in [7, 11) is 0. The minimum Gasteiger partial charge on any atom is -1.00 e. The molecule has 0 aromatic heterocycles. The number of hydrogen-bond acceptors (Lipinski definition) is 1. The van der Waals surface area contributed by atoms with E-state index in [9.17, 15) is 0 Å². The Kier molecular flexibility index (Phi) is 8.28. The van der Waals surface area contributed by atoms with Crippen LogP contribution in [0.1, 0.15) is 65.5 Å². The van der Waals surface area contributed by atoms with Gasteiger partial charge < -0.3 is 28.9 Å². The van der Waals surface area contributed by atoms with Crippen LogP contribution in [0.3, 0.4) is 0 Å². The van der Waals surface area contributed by atoms with Crippen LogP contribution in [0, 0.1) is 0 Å². The van der Waals surface area contributed by atoms with Crippen molar-refractivity contribution in [3.05, 3.63) is 95.7 Å². The second-order valence-corrected chi connectivity index (χ2v) is 10.3. The average molecular weight is 567 g/mol. The fourth-order valence-electron chi connectivity index (χ4n) is 5.57. The highest BCUT2D eigenvalue weighted by Crippen LogP contribution is 2.47. The first-order valence-corrected chi connectivity index (χ1v) is 12.5. The molecule has 3 heteroatoms. The second-order valence-electron chi connectivity index (χ2n) is 10.3. The first kappa shape index (κ1) is 26.5. The Hall–Kier alpha value is -2.14. The summed E-state index contributed by atoms with van der Waals surface area (Å²) in [6.07, 6.45) is 13.5. The average Bonchev–Trinajstić information content (AvgIpc) is 3.14. The van der Waals surface area contributed by atoms with Gasteiger partial charge in [0.1, 0.15) is 6.54 Å². The summed E-state index contributed by atoms with van der Waals surface area (Å²) in [5, 5.41) is 0. The van der Waals surface area contributed by atoms with Crippen LogP contribution in [0.4, 0.5) is 11.4 Å². The second kappa shape index (κ2) is 10.6. The molecule has 180 valence electrons. The molecule has 2 aliphatic heterocycles. The Morgan fingerprint density at radius 1 is 0.794 bits per heavy atom. The Morgan fingerprint density at radius 3 is 2.18 bits per heavy atom. The lowest BCUT2D eigenvalue weighted by Gasteiger charge is -2.26. The lowest BCUT2D eigenvalue weighted by molar-refractivity contribution is -0.437. The smallest absolute Gasteiger partial charge is 0.209 e. The topological polar surface area (TPSA) is 6.25 Å². The molecular formula is C31H39IN2. The number of fused-ring (bicyclic) bond motifs is 2. The number of anilines is 1. The van der Waals surface area contributed by atoms with Crippen molar-refractivity contribution in [3.63, 3.8) is 0 Å². The van der Waals surface area contributed by atoms with Crippen molar-refractivity contribution in [2.24, 2.45) is 0 Å². The van der Waals surface area contributed by atoms with E-state index in [-0.39, 0.29) is 34.8 Å². The highest BCUT2D eigenvalue weighted by Gasteiger charge is 2.43. The summed E-state index contributed by atoms with van der Waals surface area (Å²) in [6, 6.07) is 17.7. The van der Waals surface area contributed by atoms with Gasteiger partial charge in [0.05, 0.1) is 5.41 Å². The molecule has 0 fully saturated rings. The molecule has 2 heterocycles. The zero-order valence-electron chi connectivity index (χ0n) is 21.6. The van der Waals surface area contributed by atoms with E-state index >= 15 is 0 Å². The molecular weight excluding hydrogens is 527 g/mol. The van der Waals surface area contributed by atoms with Gasteiger partial charge in [0, 0.05) is 47.5 Å². The standard InChI is InChI=1S/C31H39N2.HI/c1-7-22-32-26-18-14-12-16-24(26)30(3,4)28(32)20-10-9-11-21-29-31(5,6)25-17-13-15-19-27(25)33(29)23-8-2;/h9-21H,7-8,22-23H2,1-6H3;1H/q+1;/p-1. The Bertz CT molecular complexity index is 1150. The lowest BCUT2D eigenvalue weighted by atomic mass is 9.81. The fourth-order valence-corrected chi connectivity index (χ4v) is 5.57. The molecule has 0 N–H and O–H groups in total. The molecule has 0 saturated heterocycles. The summed E-state index contributed by atoms with van der Waals surface area (Å²) in [6.45, 7) is 16.0. The van der Waals surface area contributed by atoms with Crippen molar-refractivity contribution in [2.45, 2.75) is 65.2 Å². The van der Waals surface area contributed by atoms with Crippen molar-refractivity contribution in [1.29, 1.82) is 0 Å². The molecule has 0 radical (unpaired) electrons. The normalized spacial score (nSPS) is 19.2. The summed E-state index contributed by atoms with van der Waals surface area (Å²) >= 11 is 0. The van der Waals surface area contributed by atoms with Gasteiger partial charge in [-0.3, -0.25) is 0 Å². The van der Waals surface area contributed by atoms with Crippen molar-refractivity contribution >= 4 is 17.1 Å². The van der Waals surface area contributed by atoms with E-state index in [4.69, 9.17) is 0 Å². The summed E-state index contributed by atoms with van der Waals surface area (Å²) in [5.74, 6) is 0. The van der Waals surface area contributed by atoms with E-state index in [1.165, 1.54) is 33.9 Å². The molecule has 2 nitrogen and oxygen atoms in total. The monoisotopic (exact) mass is 566 g/mol. The molecule has 2 aromatic rings. The summed E-state index contributed by atoms with van der Waals surface area (Å²) in [4.78, 5) is 2.50. The maximum Gasteiger partial charge on any atom is 0.209 e. The first-order valence-electron chi connectivity index (χ1n) is 12.5. The molecule has 0 aliphatic carbocycles. The molecule has 0 spiro atoms. The number of halogens is 1. The number of allylic oxidation sites excluding steroid dienone is 6. The van der Waals surface area contributed by atoms with E-state index in [1.54, 1.807) is 0 Å². The molecule has 0 amide bonds. The van der Waals surface area contributed by atoms with Crippen LogP contribution in [0.2, 0.25) is 0 Å². The van der Waals surface area contributed by atoms with Crippen molar-refractivity contribution in [2.75, 3.05) is 18.0 Å². The van der Waals surface area contributed by atoms with Gasteiger partial charge in [-0.05, 0) is 38.0 Å². The summed E-state index contributed by atoms with van der Waals surface area (Å²) < 4.78 is 2.50. The van der Waals surface area contributed by atoms with Crippen LogP contribution >= 0.6 is 0 Å². The third-order valence-electron chi connectivity index (χ3n) is 7.22. The Morgan fingerprint density at radius 2 is 1.47 bits per heavy atom. The Balaban J connectivity index is 0.00000324. The van der Waals surface area contributed by atoms with E-state index in [0.29, 0.717) is 0 Å². The van der Waals surface area contributed by atoms with E-state index in [0.717, 1.165) is 25.9 Å². The van der Waals surface area contributed by atoms with Gasteiger partial charge in [-0.25, -0.2) is 0 Å². The molecule has 34 heavy (non-hydrogen) atoms. The SMILES string of the molecule is CCCN1C(=CC=CC=CC2=[N+](CCC)c3ccccc3C2(C)C)C(C)(C)c2ccccc21.[I-]. The van der Waals surface area contributed by atoms with Crippen LogP contribution < -0.4 is 28.9 Å². The number of benzene rings is 2. The third-order valence-corrected chi connectivity index (χ3v) is 7.22. The van der Waals surface area contributed by atoms with Gasteiger partial charge in [0.15, 0.2) is 5.71 Å². The summed E-state index contributed by atoms with van der Waals surface area (Å²) in [5.41, 5.74) is 8.35. The quantitative estimate of drug-likeness (QED) is 0.268. The maximum atomic E-state index is 2.50. The van der Waals surface area contributed by atoms with Crippen LogP contribution in [-0.4, -0.2) is 23.4 Å². The largest absolute Gasteiger partial charge is 1.00 e. The van der Waals surface area contributed by atoms with Gasteiger partial charge in [0.2, 0.25) is 5.69 Å². The van der Waals surface area contributed by atoms with Gasteiger partial charge in [-0.2, -0.15) is 4.58 Å². The van der Waals surface area contributed by atoms with Gasteiger partial charge >= 0.3 is 0 Å². The molecule has 2 aromatic carbocycles. The molecule has 2 aliphatic rings. The number of hydrogen-bond donors (Lipinski definition) is 0. The first-order chi connectivity index (χ1) is 15.8. The minimum absolute atomic E-state index is 0. The molecule has 0 saturated carbocycles. The van der Waals surface area contributed by atoms with Crippen molar-refractivity contribution < 1.29 is 28.6 Å². The van der Waals surface area contributed by atoms with E-state index in [1.807, 2.05) is 0 Å². The highest BCUT2D eigenvalue weighted by atomic mass is 127. The Labute approximate surface area is 223 Å². The van der Waals surface area contributed by atoms with Gasteiger partial charge in [-0.1, -0.05) is 82.3 Å². The van der Waals surface area contributed by atoms with Gasteiger partial charge in [-0.15, -0.1) is 0 Å². The third kappa shape index (κ3) is 4.56. The molecule has 0 unspecified atom stereocenters.